The summed E-state index contributed by atoms with van der Waals surface area (Å²) in [6.45, 7) is 0.580. The van der Waals surface area contributed by atoms with Gasteiger partial charge in [0.25, 0.3) is 5.69 Å². The first-order chi connectivity index (χ1) is 8.16. The molecule has 0 aliphatic rings. The van der Waals surface area contributed by atoms with Crippen LogP contribution in [-0.2, 0) is 6.54 Å². The highest BCUT2D eigenvalue weighted by atomic mass is 79.9. The van der Waals surface area contributed by atoms with Gasteiger partial charge in [-0.3, -0.25) is 15.2 Å². The molecule has 1 heterocycles. The quantitative estimate of drug-likeness (QED) is 0.671. The van der Waals surface area contributed by atoms with E-state index in [0.29, 0.717) is 11.0 Å². The number of aromatic amines is 1. The number of non-ortho nitro benzene ring substituents is 1. The highest BCUT2D eigenvalue weighted by Crippen LogP contribution is 2.27. The molecular weight excluding hydrogens is 288 g/mol. The van der Waals surface area contributed by atoms with Gasteiger partial charge in [0.1, 0.15) is 0 Å². The van der Waals surface area contributed by atoms with Crippen LogP contribution in [0.2, 0.25) is 0 Å². The monoisotopic (exact) mass is 296 g/mol. The lowest BCUT2D eigenvalue weighted by Crippen LogP contribution is -2.00. The van der Waals surface area contributed by atoms with Crippen molar-refractivity contribution in [3.8, 4) is 0 Å². The summed E-state index contributed by atoms with van der Waals surface area (Å²) in [4.78, 5) is 10.1. The van der Waals surface area contributed by atoms with Gasteiger partial charge in [0, 0.05) is 28.5 Å². The van der Waals surface area contributed by atoms with Crippen LogP contribution in [-0.4, -0.2) is 15.1 Å². The number of benzene rings is 1. The zero-order valence-corrected chi connectivity index (χ0v) is 10.3. The van der Waals surface area contributed by atoms with Gasteiger partial charge in [-0.15, -0.1) is 0 Å². The van der Waals surface area contributed by atoms with Crippen LogP contribution < -0.4 is 5.32 Å². The lowest BCUT2D eigenvalue weighted by molar-refractivity contribution is -0.384. The first-order valence-electron chi connectivity index (χ1n) is 4.83. The molecule has 0 fully saturated rings. The number of anilines is 1. The number of hydrogen-bond donors (Lipinski definition) is 2. The zero-order chi connectivity index (χ0) is 12.3. The number of nitro groups is 1. The van der Waals surface area contributed by atoms with Crippen molar-refractivity contribution < 1.29 is 4.92 Å². The number of hydrogen-bond acceptors (Lipinski definition) is 4. The van der Waals surface area contributed by atoms with E-state index < -0.39 is 4.92 Å². The average Bonchev–Trinajstić information content (AvgIpc) is 2.80. The van der Waals surface area contributed by atoms with E-state index in [0.717, 1.165) is 11.4 Å². The minimum atomic E-state index is -0.427. The Morgan fingerprint density at radius 2 is 2.29 bits per heavy atom. The highest BCUT2D eigenvalue weighted by Gasteiger charge is 2.08. The number of aromatic nitrogens is 2. The van der Waals surface area contributed by atoms with Crippen molar-refractivity contribution in [2.45, 2.75) is 6.54 Å². The third kappa shape index (κ3) is 2.82. The van der Waals surface area contributed by atoms with Crippen LogP contribution in [0.15, 0.2) is 34.9 Å². The summed E-state index contributed by atoms with van der Waals surface area (Å²) >= 11 is 3.29. The SMILES string of the molecule is O=[N+]([O-])c1ccc(NCc2ccn[nH]2)c(Br)c1. The topological polar surface area (TPSA) is 83.8 Å². The van der Waals surface area contributed by atoms with E-state index in [2.05, 4.69) is 31.4 Å². The maximum absolute atomic E-state index is 10.6. The maximum atomic E-state index is 10.6. The molecule has 17 heavy (non-hydrogen) atoms. The minimum absolute atomic E-state index is 0.0592. The van der Waals surface area contributed by atoms with E-state index >= 15 is 0 Å². The van der Waals surface area contributed by atoms with Crippen LogP contribution in [0, 0.1) is 10.1 Å². The van der Waals surface area contributed by atoms with Crippen molar-refractivity contribution in [1.29, 1.82) is 0 Å². The predicted molar refractivity (Wildman–Crippen MR) is 66.7 cm³/mol. The van der Waals surface area contributed by atoms with Gasteiger partial charge in [-0.25, -0.2) is 0 Å². The number of nitrogens with zero attached hydrogens (tertiary/aromatic N) is 2. The Labute approximate surface area is 105 Å². The van der Waals surface area contributed by atoms with Gasteiger partial charge < -0.3 is 5.32 Å². The first-order valence-corrected chi connectivity index (χ1v) is 5.62. The predicted octanol–water partition coefficient (Wildman–Crippen LogP) is 2.69. The Balaban J connectivity index is 2.09. The molecule has 0 spiro atoms. The Morgan fingerprint density at radius 1 is 1.47 bits per heavy atom. The average molecular weight is 297 g/mol. The highest BCUT2D eigenvalue weighted by molar-refractivity contribution is 9.10. The molecule has 2 aromatic rings. The number of rotatable bonds is 4. The van der Waals surface area contributed by atoms with Crippen LogP contribution in [0.4, 0.5) is 11.4 Å². The maximum Gasteiger partial charge on any atom is 0.270 e. The van der Waals surface area contributed by atoms with E-state index in [4.69, 9.17) is 0 Å². The summed E-state index contributed by atoms with van der Waals surface area (Å²) in [5, 5.41) is 20.3. The Bertz CT molecular complexity index is 527. The lowest BCUT2D eigenvalue weighted by Gasteiger charge is -2.06. The fourth-order valence-electron chi connectivity index (χ4n) is 1.33. The van der Waals surface area contributed by atoms with Crippen LogP contribution >= 0.6 is 15.9 Å². The fourth-order valence-corrected chi connectivity index (χ4v) is 1.84. The van der Waals surface area contributed by atoms with E-state index in [1.54, 1.807) is 12.3 Å². The molecule has 6 nitrogen and oxygen atoms in total. The van der Waals surface area contributed by atoms with Gasteiger partial charge in [-0.05, 0) is 28.1 Å². The molecule has 0 aliphatic heterocycles. The molecule has 2 N–H and O–H groups in total. The Hall–Kier alpha value is -1.89. The summed E-state index contributed by atoms with van der Waals surface area (Å²) in [5.41, 5.74) is 1.80. The molecule has 0 radical (unpaired) electrons. The molecule has 1 aromatic carbocycles. The summed E-state index contributed by atoms with van der Waals surface area (Å²) in [6.07, 6.45) is 1.67. The molecule has 2 rings (SSSR count). The molecular formula is C10H9BrN4O2. The van der Waals surface area contributed by atoms with Crippen LogP contribution in [0.1, 0.15) is 5.69 Å². The second kappa shape index (κ2) is 4.96. The Kier molecular flexibility index (Phi) is 3.38. The second-order valence-electron chi connectivity index (χ2n) is 3.36. The van der Waals surface area contributed by atoms with Crippen molar-refractivity contribution >= 4 is 27.3 Å². The van der Waals surface area contributed by atoms with Gasteiger partial charge in [0.2, 0.25) is 0 Å². The normalized spacial score (nSPS) is 10.2. The molecule has 0 saturated carbocycles. The first kappa shape index (κ1) is 11.6. The summed E-state index contributed by atoms with van der Waals surface area (Å²) in [7, 11) is 0. The van der Waals surface area contributed by atoms with Crippen molar-refractivity contribution in [3.63, 3.8) is 0 Å². The van der Waals surface area contributed by atoms with Crippen molar-refractivity contribution in [1.82, 2.24) is 10.2 Å². The lowest BCUT2D eigenvalue weighted by atomic mass is 10.3. The van der Waals surface area contributed by atoms with Crippen molar-refractivity contribution in [2.24, 2.45) is 0 Å². The van der Waals surface area contributed by atoms with Crippen LogP contribution in [0.25, 0.3) is 0 Å². The summed E-state index contributed by atoms with van der Waals surface area (Å²) in [5.74, 6) is 0. The fraction of sp³-hybridized carbons (Fsp3) is 0.100. The van der Waals surface area contributed by atoms with E-state index in [9.17, 15) is 10.1 Å². The third-order valence-corrected chi connectivity index (χ3v) is 2.85. The van der Waals surface area contributed by atoms with Gasteiger partial charge in [-0.1, -0.05) is 0 Å². The molecule has 88 valence electrons. The molecule has 0 amide bonds. The van der Waals surface area contributed by atoms with Gasteiger partial charge in [0.05, 0.1) is 17.2 Å². The van der Waals surface area contributed by atoms with Crippen molar-refractivity contribution in [3.05, 3.63) is 50.7 Å². The Morgan fingerprint density at radius 3 is 2.88 bits per heavy atom. The molecule has 7 heteroatoms. The smallest absolute Gasteiger partial charge is 0.270 e. The molecule has 0 aliphatic carbocycles. The van der Waals surface area contributed by atoms with Crippen LogP contribution in [0.5, 0.6) is 0 Å². The summed E-state index contributed by atoms with van der Waals surface area (Å²) < 4.78 is 0.659. The van der Waals surface area contributed by atoms with Crippen molar-refractivity contribution in [2.75, 3.05) is 5.32 Å². The van der Waals surface area contributed by atoms with Crippen LogP contribution in [0.3, 0.4) is 0 Å². The number of H-pyrrole nitrogens is 1. The largest absolute Gasteiger partial charge is 0.378 e. The van der Waals surface area contributed by atoms with Gasteiger partial charge in [0.15, 0.2) is 0 Å². The zero-order valence-electron chi connectivity index (χ0n) is 8.68. The summed E-state index contributed by atoms with van der Waals surface area (Å²) in [6, 6.07) is 6.44. The molecule has 0 unspecified atom stereocenters. The molecule has 0 bridgehead atoms. The molecule has 1 aromatic heterocycles. The number of halogens is 1. The van der Waals surface area contributed by atoms with Gasteiger partial charge in [-0.2, -0.15) is 5.10 Å². The molecule has 0 saturated heterocycles. The number of nitro benzene ring substituents is 1. The van der Waals surface area contributed by atoms with E-state index in [1.165, 1.54) is 12.1 Å². The standard InChI is InChI=1S/C10H9BrN4O2/c11-9-5-8(15(16)17)1-2-10(9)12-6-7-3-4-13-14-7/h1-5,12H,6H2,(H,13,14). The minimum Gasteiger partial charge on any atom is -0.378 e. The second-order valence-corrected chi connectivity index (χ2v) is 4.21. The third-order valence-electron chi connectivity index (χ3n) is 2.19. The van der Waals surface area contributed by atoms with Gasteiger partial charge >= 0.3 is 0 Å². The van der Waals surface area contributed by atoms with E-state index in [-0.39, 0.29) is 5.69 Å². The molecule has 0 atom stereocenters. The number of nitrogens with one attached hydrogen (secondary N) is 2. The van der Waals surface area contributed by atoms with E-state index in [1.807, 2.05) is 6.07 Å².